The largest absolute Gasteiger partial charge is 0.307 e. The molecule has 1 atom stereocenters. The molecule has 0 spiro atoms. The number of benzene rings is 1. The van der Waals surface area contributed by atoms with Crippen molar-refractivity contribution in [3.63, 3.8) is 0 Å². The molecule has 1 aromatic rings. The molecule has 0 amide bonds. The average Bonchev–Trinajstić information content (AvgIpc) is 2.31. The molecule has 0 radical (unpaired) electrons. The van der Waals surface area contributed by atoms with Crippen LogP contribution < -0.4 is 5.32 Å². The molecule has 0 bridgehead atoms. The molecule has 17 heavy (non-hydrogen) atoms. The molecule has 1 unspecified atom stereocenters. The molecule has 0 aliphatic rings. The lowest BCUT2D eigenvalue weighted by Crippen LogP contribution is -2.31. The number of halogens is 2. The minimum absolute atomic E-state index is 0.142. The van der Waals surface area contributed by atoms with Gasteiger partial charge in [-0.3, -0.25) is 4.79 Å². The second-order valence-electron chi connectivity index (χ2n) is 4.11. The zero-order valence-electron chi connectivity index (χ0n) is 10.1. The van der Waals surface area contributed by atoms with Crippen LogP contribution in [0, 0.1) is 11.6 Å². The van der Waals surface area contributed by atoms with E-state index >= 15 is 0 Å². The minimum Gasteiger partial charge on any atom is -0.307 e. The van der Waals surface area contributed by atoms with Crippen LogP contribution in [-0.4, -0.2) is 18.4 Å². The van der Waals surface area contributed by atoms with Gasteiger partial charge in [-0.15, -0.1) is 0 Å². The average molecular weight is 241 g/mol. The second-order valence-corrected chi connectivity index (χ2v) is 4.11. The molecule has 0 fully saturated rings. The van der Waals surface area contributed by atoms with E-state index in [1.807, 2.05) is 13.8 Å². The third-order valence-corrected chi connectivity index (χ3v) is 2.70. The van der Waals surface area contributed by atoms with Gasteiger partial charge in [0.1, 0.15) is 11.6 Å². The first-order valence-corrected chi connectivity index (χ1v) is 5.72. The van der Waals surface area contributed by atoms with Crippen molar-refractivity contribution in [2.45, 2.75) is 32.7 Å². The summed E-state index contributed by atoms with van der Waals surface area (Å²) < 4.78 is 26.5. The molecule has 0 heterocycles. The summed E-state index contributed by atoms with van der Waals surface area (Å²) in [5.74, 6) is -1.54. The third kappa shape index (κ3) is 4.23. The van der Waals surface area contributed by atoms with E-state index < -0.39 is 11.6 Å². The fourth-order valence-electron chi connectivity index (χ4n) is 1.39. The summed E-state index contributed by atoms with van der Waals surface area (Å²) in [4.78, 5) is 11.5. The molecule has 1 rings (SSSR count). The highest BCUT2D eigenvalue weighted by Gasteiger charge is 2.13. The van der Waals surface area contributed by atoms with Crippen LogP contribution in [0.1, 0.15) is 25.8 Å². The lowest BCUT2D eigenvalue weighted by atomic mass is 10.1. The molecule has 0 aliphatic heterocycles. The first kappa shape index (κ1) is 13.8. The Morgan fingerprint density at radius 3 is 2.47 bits per heavy atom. The van der Waals surface area contributed by atoms with Crippen LogP contribution in [0.5, 0.6) is 0 Å². The first-order valence-electron chi connectivity index (χ1n) is 5.72. The number of ketones is 1. The summed E-state index contributed by atoms with van der Waals surface area (Å²) in [5.41, 5.74) is -0.150. The fraction of sp³-hybridized carbons (Fsp3) is 0.462. The van der Waals surface area contributed by atoms with E-state index in [0.717, 1.165) is 18.6 Å². The van der Waals surface area contributed by atoms with Crippen molar-refractivity contribution in [2.75, 3.05) is 6.54 Å². The maximum atomic E-state index is 13.3. The summed E-state index contributed by atoms with van der Waals surface area (Å²) in [6.45, 7) is 4.10. The van der Waals surface area contributed by atoms with Gasteiger partial charge in [0.05, 0.1) is 6.54 Å². The maximum absolute atomic E-state index is 13.3. The van der Waals surface area contributed by atoms with Gasteiger partial charge < -0.3 is 5.32 Å². The Morgan fingerprint density at radius 1 is 1.35 bits per heavy atom. The lowest BCUT2D eigenvalue weighted by Gasteiger charge is -2.10. The van der Waals surface area contributed by atoms with E-state index in [9.17, 15) is 13.6 Å². The van der Waals surface area contributed by atoms with Gasteiger partial charge in [0.25, 0.3) is 0 Å². The standard InChI is InChI=1S/C13H17F2NO/c1-3-9(2)16-8-10(17)7-11-12(14)5-4-6-13(11)15/h4-6,9,16H,3,7-8H2,1-2H3. The SMILES string of the molecule is CCC(C)NCC(=O)Cc1c(F)cccc1F. The van der Waals surface area contributed by atoms with Gasteiger partial charge in [-0.05, 0) is 25.5 Å². The van der Waals surface area contributed by atoms with Crippen molar-refractivity contribution in [2.24, 2.45) is 0 Å². The zero-order chi connectivity index (χ0) is 12.8. The Bertz CT molecular complexity index is 373. The second kappa shape index (κ2) is 6.45. The minimum atomic E-state index is -0.665. The smallest absolute Gasteiger partial charge is 0.151 e. The number of carbonyl (C=O) groups excluding carboxylic acids is 1. The van der Waals surface area contributed by atoms with Crippen LogP contribution in [0.15, 0.2) is 18.2 Å². The summed E-state index contributed by atoms with van der Waals surface area (Å²) in [5, 5.41) is 3.00. The molecule has 0 aliphatic carbocycles. The molecule has 1 N–H and O–H groups in total. The number of rotatable bonds is 6. The van der Waals surface area contributed by atoms with Crippen molar-refractivity contribution >= 4 is 5.78 Å². The van der Waals surface area contributed by atoms with E-state index in [1.54, 1.807) is 0 Å². The number of hydrogen-bond donors (Lipinski definition) is 1. The molecule has 0 aromatic heterocycles. The van der Waals surface area contributed by atoms with Crippen LogP contribution in [0.25, 0.3) is 0 Å². The van der Waals surface area contributed by atoms with Gasteiger partial charge in [-0.25, -0.2) is 8.78 Å². The van der Waals surface area contributed by atoms with Crippen LogP contribution >= 0.6 is 0 Å². The topological polar surface area (TPSA) is 29.1 Å². The Labute approximate surface area is 100 Å². The molecule has 0 saturated carbocycles. The van der Waals surface area contributed by atoms with Crippen molar-refractivity contribution in [1.82, 2.24) is 5.32 Å². The van der Waals surface area contributed by atoms with Crippen LogP contribution in [0.2, 0.25) is 0 Å². The number of Topliss-reactive ketones (excluding diaryl/α,β-unsaturated/α-hetero) is 1. The fourth-order valence-corrected chi connectivity index (χ4v) is 1.39. The van der Waals surface area contributed by atoms with E-state index in [4.69, 9.17) is 0 Å². The van der Waals surface area contributed by atoms with Crippen molar-refractivity contribution in [1.29, 1.82) is 0 Å². The van der Waals surface area contributed by atoms with Gasteiger partial charge in [-0.2, -0.15) is 0 Å². The molecule has 4 heteroatoms. The van der Waals surface area contributed by atoms with Gasteiger partial charge >= 0.3 is 0 Å². The molecule has 0 saturated heterocycles. The van der Waals surface area contributed by atoms with E-state index in [2.05, 4.69) is 5.32 Å². The first-order chi connectivity index (χ1) is 8.04. The van der Waals surface area contributed by atoms with E-state index in [-0.39, 0.29) is 30.4 Å². The highest BCUT2D eigenvalue weighted by Crippen LogP contribution is 2.12. The Kier molecular flexibility index (Phi) is 5.22. The van der Waals surface area contributed by atoms with Crippen LogP contribution in [0.4, 0.5) is 8.78 Å². The monoisotopic (exact) mass is 241 g/mol. The summed E-state index contributed by atoms with van der Waals surface area (Å²) >= 11 is 0. The molecule has 1 aromatic carbocycles. The van der Waals surface area contributed by atoms with Gasteiger partial charge in [0.2, 0.25) is 0 Å². The quantitative estimate of drug-likeness (QED) is 0.829. The van der Waals surface area contributed by atoms with E-state index in [0.29, 0.717) is 0 Å². The Morgan fingerprint density at radius 2 is 1.94 bits per heavy atom. The maximum Gasteiger partial charge on any atom is 0.151 e. The van der Waals surface area contributed by atoms with Crippen LogP contribution in [0.3, 0.4) is 0 Å². The highest BCUT2D eigenvalue weighted by atomic mass is 19.1. The van der Waals surface area contributed by atoms with Crippen LogP contribution in [-0.2, 0) is 11.2 Å². The summed E-state index contributed by atoms with van der Waals surface area (Å²) in [7, 11) is 0. The highest BCUT2D eigenvalue weighted by molar-refractivity contribution is 5.82. The Balaban J connectivity index is 2.56. The molecule has 2 nitrogen and oxygen atoms in total. The predicted octanol–water partition coefficient (Wildman–Crippen LogP) is 2.46. The van der Waals surface area contributed by atoms with Crippen molar-refractivity contribution in [3.8, 4) is 0 Å². The van der Waals surface area contributed by atoms with Gasteiger partial charge in [0, 0.05) is 18.0 Å². The number of carbonyl (C=O) groups is 1. The van der Waals surface area contributed by atoms with Gasteiger partial charge in [0.15, 0.2) is 5.78 Å². The van der Waals surface area contributed by atoms with Crippen molar-refractivity contribution in [3.05, 3.63) is 35.4 Å². The summed E-state index contributed by atoms with van der Waals surface area (Å²) in [6, 6.07) is 3.84. The predicted molar refractivity (Wildman–Crippen MR) is 62.8 cm³/mol. The van der Waals surface area contributed by atoms with E-state index in [1.165, 1.54) is 6.07 Å². The molecular formula is C13H17F2NO. The number of hydrogen-bond acceptors (Lipinski definition) is 2. The van der Waals surface area contributed by atoms with Crippen molar-refractivity contribution < 1.29 is 13.6 Å². The lowest BCUT2D eigenvalue weighted by molar-refractivity contribution is -0.117. The summed E-state index contributed by atoms with van der Waals surface area (Å²) in [6.07, 6.45) is 0.698. The molecule has 94 valence electrons. The Hall–Kier alpha value is -1.29. The van der Waals surface area contributed by atoms with Gasteiger partial charge in [-0.1, -0.05) is 13.0 Å². The molecular weight excluding hydrogens is 224 g/mol. The third-order valence-electron chi connectivity index (χ3n) is 2.70. The zero-order valence-corrected chi connectivity index (χ0v) is 10.1. The number of nitrogens with one attached hydrogen (secondary N) is 1. The normalized spacial score (nSPS) is 12.5.